The van der Waals surface area contributed by atoms with Crippen LogP contribution in [0.3, 0.4) is 0 Å². The number of carboxylic acids is 3. The molecule has 5 N–H and O–H groups in total. The molecule has 0 fully saturated rings. The zero-order valence-corrected chi connectivity index (χ0v) is 46.4. The van der Waals surface area contributed by atoms with Gasteiger partial charge in [0.2, 0.25) is 0 Å². The van der Waals surface area contributed by atoms with Crippen LogP contribution in [-0.2, 0) is 42.6 Å². The van der Waals surface area contributed by atoms with E-state index in [4.69, 9.17) is 60.6 Å². The maximum absolute atomic E-state index is 12.0. The smallest absolute Gasteiger partial charge is 0.397 e. The molecule has 1 unspecified atom stereocenters. The first-order chi connectivity index (χ1) is 33.6. The van der Waals surface area contributed by atoms with Gasteiger partial charge in [-0.05, 0) is 84.1 Å². The molecule has 0 spiro atoms. The molecule has 0 aliphatic rings. The van der Waals surface area contributed by atoms with E-state index in [1.807, 2.05) is 0 Å². The fourth-order valence-corrected chi connectivity index (χ4v) is 6.30. The highest BCUT2D eigenvalue weighted by Crippen LogP contribution is 2.39. The largest absolute Gasteiger partial charge is 0.481 e. The minimum Gasteiger partial charge on any atom is -0.481 e. The average Bonchev–Trinajstić information content (AvgIpc) is 3.28. The first kappa shape index (κ1) is 73.2. The van der Waals surface area contributed by atoms with Crippen LogP contribution in [0.15, 0.2) is 29.1 Å². The van der Waals surface area contributed by atoms with Crippen LogP contribution in [0.2, 0.25) is 0 Å². The number of Topliss-reactive ketones (excluding diaryl/α,β-unsaturated/α-hetero) is 2. The summed E-state index contributed by atoms with van der Waals surface area (Å²) in [5, 5.41) is 32.5. The van der Waals surface area contributed by atoms with Crippen LogP contribution in [-0.4, -0.2) is 114 Å². The summed E-state index contributed by atoms with van der Waals surface area (Å²) in [5.74, 6) is 4.17. The van der Waals surface area contributed by atoms with E-state index in [1.54, 1.807) is 79.7 Å². The zero-order valence-electron chi connectivity index (χ0n) is 45.5. The number of aromatic nitrogens is 3. The van der Waals surface area contributed by atoms with Gasteiger partial charge in [0.1, 0.15) is 28.7 Å². The van der Waals surface area contributed by atoms with Gasteiger partial charge < -0.3 is 30.4 Å². The normalized spacial score (nSPS) is 13.6. The average molecular weight is 1040 g/mol. The standard InChI is InChI=1S/C14H22O3.C10H12N3O4P.C10H14O3.C8H19N.C6H8O2.C5H7NO2/c1-7-8-10(2)12(15)9-11(3)13(16)17-14(4,5)6;1-3-16-18(2,15)17-13-10(14)8-6-4-5-7-9(8)11-12-13;1-4-5-7(2)9(11)6-8(3)10(12)13;1-6-9(7(2)3)8(4)5;1-3-4-5(2)6(7)8;1-2-3-4(6)5(7)8/h1,10-11H,8-9H2,2-6H3;4-7H,3H2,1-2H3;1,7-8H,5-6H2,2-3H3,(H,12,13);7-8H,6H2,1-5H3;1,5H,4H2,2H3,(H,7,8);1,4H,3,6H2,(H,7,8)/t10-,11+;;7-,8+;;5-;4-/m0.0.00/s1. The predicted molar refractivity (Wildman–Crippen MR) is 284 cm³/mol. The zero-order chi connectivity index (χ0) is 57.8. The number of carbonyl (C=O) groups is 6. The summed E-state index contributed by atoms with van der Waals surface area (Å²) < 4.78 is 26.9. The number of benzene rings is 1. The third-order valence-electron chi connectivity index (χ3n) is 9.52. The second-order valence-corrected chi connectivity index (χ2v) is 20.2. The topological polar surface area (TPSA) is 285 Å². The van der Waals surface area contributed by atoms with Crippen LogP contribution < -0.4 is 15.9 Å². The Labute approximate surface area is 433 Å². The van der Waals surface area contributed by atoms with Crippen molar-refractivity contribution in [2.45, 2.75) is 159 Å². The second kappa shape index (κ2) is 39.2. The van der Waals surface area contributed by atoms with Crippen LogP contribution in [0.4, 0.5) is 0 Å². The van der Waals surface area contributed by atoms with E-state index < -0.39 is 60.5 Å². The molecule has 2 aromatic rings. The molecule has 0 amide bonds. The van der Waals surface area contributed by atoms with Crippen molar-refractivity contribution in [3.63, 3.8) is 0 Å². The van der Waals surface area contributed by atoms with Gasteiger partial charge in [0.25, 0.3) is 0 Å². The number of fused-ring (bicyclic) bond motifs is 1. The molecule has 1 aromatic carbocycles. The first-order valence-corrected chi connectivity index (χ1v) is 25.6. The van der Waals surface area contributed by atoms with Crippen molar-refractivity contribution in [1.29, 1.82) is 0 Å². The van der Waals surface area contributed by atoms with E-state index in [2.05, 4.69) is 73.5 Å². The number of carboxylic acid groups (broad SMARTS) is 3. The molecular weight excluding hydrogens is 962 g/mol. The number of ketones is 2. The van der Waals surface area contributed by atoms with Crippen LogP contribution in [0.5, 0.6) is 0 Å². The Kier molecular flexibility index (Phi) is 39.3. The van der Waals surface area contributed by atoms with Crippen LogP contribution in [0.1, 0.15) is 135 Å². The number of hydrogen-bond donors (Lipinski definition) is 4. The van der Waals surface area contributed by atoms with E-state index in [0.717, 1.165) is 6.54 Å². The van der Waals surface area contributed by atoms with Crippen molar-refractivity contribution >= 4 is 53.9 Å². The Balaban J connectivity index is -0.000000404. The van der Waals surface area contributed by atoms with Gasteiger partial charge in [-0.3, -0.25) is 43.0 Å². The Morgan fingerprint density at radius 2 is 1.14 bits per heavy atom. The summed E-state index contributed by atoms with van der Waals surface area (Å²) in [4.78, 5) is 80.0. The molecular formula is C53H82N5O14P. The van der Waals surface area contributed by atoms with Crippen molar-refractivity contribution in [3.8, 4) is 49.4 Å². The van der Waals surface area contributed by atoms with Crippen LogP contribution in [0.25, 0.3) is 10.9 Å². The van der Waals surface area contributed by atoms with Crippen LogP contribution >= 0.6 is 7.60 Å². The molecule has 7 atom stereocenters. The Bertz CT molecular complexity index is 2260. The van der Waals surface area contributed by atoms with E-state index in [1.165, 1.54) is 13.6 Å². The monoisotopic (exact) mass is 1040 g/mol. The molecule has 0 aliphatic carbocycles. The Morgan fingerprint density at radius 3 is 1.47 bits per heavy atom. The predicted octanol–water partition coefficient (Wildman–Crippen LogP) is 7.27. The first-order valence-electron chi connectivity index (χ1n) is 23.6. The van der Waals surface area contributed by atoms with Crippen molar-refractivity contribution < 1.29 is 62.5 Å². The van der Waals surface area contributed by atoms with Crippen molar-refractivity contribution in [2.75, 3.05) is 19.8 Å². The molecule has 0 aliphatic heterocycles. The Morgan fingerprint density at radius 1 is 0.712 bits per heavy atom. The summed E-state index contributed by atoms with van der Waals surface area (Å²) >= 11 is 0. The number of esters is 1. The number of carbonyl (C=O) groups excluding carboxylic acids is 3. The van der Waals surface area contributed by atoms with Crippen molar-refractivity contribution in [3.05, 3.63) is 34.6 Å². The number of terminal acetylenes is 4. The summed E-state index contributed by atoms with van der Waals surface area (Å²) in [6.45, 7) is 29.2. The lowest BCUT2D eigenvalue weighted by molar-refractivity contribution is -0.160. The van der Waals surface area contributed by atoms with Gasteiger partial charge in [-0.15, -0.1) is 54.5 Å². The highest BCUT2D eigenvalue weighted by molar-refractivity contribution is 7.53. The molecule has 0 saturated heterocycles. The Hall–Kier alpha value is -6.34. The minimum atomic E-state index is -3.36. The van der Waals surface area contributed by atoms with Gasteiger partial charge in [-0.1, -0.05) is 53.7 Å². The maximum atomic E-state index is 12.0. The fourth-order valence-electron chi connectivity index (χ4n) is 5.39. The van der Waals surface area contributed by atoms with Gasteiger partial charge in [0.05, 0.1) is 36.4 Å². The van der Waals surface area contributed by atoms with E-state index in [9.17, 15) is 38.1 Å². The van der Waals surface area contributed by atoms with Gasteiger partial charge in [-0.2, -0.15) is 0 Å². The molecule has 0 bridgehead atoms. The molecule has 0 saturated carbocycles. The molecule has 20 heteroatoms. The number of rotatable bonds is 21. The van der Waals surface area contributed by atoms with Crippen molar-refractivity contribution in [2.24, 2.45) is 35.3 Å². The molecule has 2 rings (SSSR count). The third-order valence-corrected chi connectivity index (χ3v) is 10.7. The quantitative estimate of drug-likeness (QED) is 0.0543. The summed E-state index contributed by atoms with van der Waals surface area (Å²) in [5.41, 5.74) is 4.39. The van der Waals surface area contributed by atoms with E-state index in [0.29, 0.717) is 47.1 Å². The van der Waals surface area contributed by atoms with Crippen molar-refractivity contribution in [1.82, 2.24) is 20.1 Å². The number of hydrogen-bond acceptors (Lipinski definition) is 15. The summed E-state index contributed by atoms with van der Waals surface area (Å²) in [6.07, 6.45) is 21.3. The highest BCUT2D eigenvalue weighted by atomic mass is 31.2. The van der Waals surface area contributed by atoms with E-state index >= 15 is 0 Å². The third kappa shape index (κ3) is 36.3. The lowest BCUT2D eigenvalue weighted by atomic mass is 9.94. The number of ether oxygens (including phenoxy) is 1. The lowest BCUT2D eigenvalue weighted by Crippen LogP contribution is -2.36. The van der Waals surface area contributed by atoms with Gasteiger partial charge >= 0.3 is 37.0 Å². The highest BCUT2D eigenvalue weighted by Gasteiger charge is 2.26. The molecule has 73 heavy (non-hydrogen) atoms. The van der Waals surface area contributed by atoms with E-state index in [-0.39, 0.29) is 55.2 Å². The van der Waals surface area contributed by atoms with Gasteiger partial charge in [0.15, 0.2) is 0 Å². The second-order valence-electron chi connectivity index (χ2n) is 18.2. The van der Waals surface area contributed by atoms with Gasteiger partial charge in [0, 0.05) is 62.4 Å². The molecule has 408 valence electrons. The number of nitrogens with zero attached hydrogens (tertiary/aromatic N) is 4. The molecule has 1 heterocycles. The SMILES string of the molecule is C#CC[C@H](C)C(=O)C[C@@H](C)C(=O)O.C#CC[C@H](C)C(=O)C[C@@H](C)C(=O)OC(C)(C)C.C#CC[C@H](C)C(=O)O.C#CC[C@H](N)C(=O)O.CCN(C(C)C)C(C)C.CCOP(C)(=O)On1nnc2ccccc2c1=O. The molecule has 1 aromatic heterocycles. The molecule has 19 nitrogen and oxygen atoms in total. The number of nitrogens with two attached hydrogens (primary N) is 1. The van der Waals surface area contributed by atoms with Gasteiger partial charge in [-0.25, -0.2) is 4.57 Å². The molecule has 0 radical (unpaired) electrons. The minimum absolute atomic E-state index is 0.0151. The maximum Gasteiger partial charge on any atom is 0.397 e. The van der Waals surface area contributed by atoms with Crippen LogP contribution in [0, 0.1) is 79.0 Å². The lowest BCUT2D eigenvalue weighted by Gasteiger charge is -2.28. The summed E-state index contributed by atoms with van der Waals surface area (Å²) in [7, 11) is -3.36. The fraction of sp³-hybridized carbons (Fsp3) is 0.604. The number of aliphatic carboxylic acids is 3. The summed E-state index contributed by atoms with van der Waals surface area (Å²) in [6, 6.07) is 7.16.